The summed E-state index contributed by atoms with van der Waals surface area (Å²) in [7, 11) is 0. The number of nitrogens with one attached hydrogen (secondary N) is 2. The van der Waals surface area contributed by atoms with Gasteiger partial charge in [-0.3, -0.25) is 19.9 Å². The molecule has 148 valence electrons. The van der Waals surface area contributed by atoms with Gasteiger partial charge in [0.25, 0.3) is 0 Å². The van der Waals surface area contributed by atoms with E-state index in [0.29, 0.717) is 0 Å². The van der Waals surface area contributed by atoms with E-state index < -0.39 is 52.2 Å². The van der Waals surface area contributed by atoms with Crippen LogP contribution in [-0.4, -0.2) is 38.7 Å². The minimum Gasteiger partial charge on any atom is -0.404 e. The highest BCUT2D eigenvalue weighted by Gasteiger charge is 2.67. The highest BCUT2D eigenvalue weighted by atomic mass is 19.4. The molecular formula is C15H11F3N4O6. The maximum Gasteiger partial charge on any atom is 0.437 e. The molecule has 3 rings (SSSR count). The Balaban J connectivity index is 2.15. The van der Waals surface area contributed by atoms with Crippen molar-refractivity contribution in [3.63, 3.8) is 0 Å². The van der Waals surface area contributed by atoms with Crippen LogP contribution in [0.5, 0.6) is 0 Å². The molecule has 2 aromatic rings. The number of carbonyl (C=O) groups excluding carboxylic acids is 2. The third kappa shape index (κ3) is 3.15. The zero-order valence-corrected chi connectivity index (χ0v) is 13.6. The van der Waals surface area contributed by atoms with Crippen LogP contribution in [0.25, 0.3) is 0 Å². The first-order valence-electron chi connectivity index (χ1n) is 7.60. The van der Waals surface area contributed by atoms with Crippen LogP contribution in [0.4, 0.5) is 23.8 Å². The molecule has 13 heteroatoms. The van der Waals surface area contributed by atoms with Crippen LogP contribution in [0, 0.1) is 16.0 Å². The summed E-state index contributed by atoms with van der Waals surface area (Å²) in [6, 6.07) is 0.961. The Hall–Kier alpha value is -3.48. The van der Waals surface area contributed by atoms with Gasteiger partial charge in [0.2, 0.25) is 5.72 Å². The summed E-state index contributed by atoms with van der Waals surface area (Å²) < 4.78 is 45.8. The topological polar surface area (TPSA) is 148 Å². The number of hydrogen-bond acceptors (Lipinski definition) is 7. The second-order valence-corrected chi connectivity index (χ2v) is 5.86. The highest BCUT2D eigenvalue weighted by molar-refractivity contribution is 6.00. The van der Waals surface area contributed by atoms with E-state index in [1.165, 1.54) is 23.6 Å². The first kappa shape index (κ1) is 19.3. The quantitative estimate of drug-likeness (QED) is 0.402. The van der Waals surface area contributed by atoms with Crippen molar-refractivity contribution in [3.8, 4) is 0 Å². The fraction of sp³-hybridized carbons (Fsp3) is 0.267. The Labute approximate surface area is 153 Å². The number of pyridine rings is 1. The number of aliphatic hydroxyl groups is 1. The number of Topliss-reactive ketones (excluding diaryl/α,β-unsaturated/α-hetero) is 1. The van der Waals surface area contributed by atoms with Gasteiger partial charge >= 0.3 is 18.1 Å². The van der Waals surface area contributed by atoms with Gasteiger partial charge in [-0.1, -0.05) is 0 Å². The van der Waals surface area contributed by atoms with Gasteiger partial charge < -0.3 is 20.2 Å². The number of alkyl halides is 3. The first-order valence-corrected chi connectivity index (χ1v) is 7.60. The average molecular weight is 400 g/mol. The van der Waals surface area contributed by atoms with Crippen molar-refractivity contribution < 1.29 is 37.2 Å². The molecule has 1 saturated heterocycles. The van der Waals surface area contributed by atoms with E-state index in [4.69, 9.17) is 4.42 Å². The van der Waals surface area contributed by atoms with E-state index in [1.807, 2.05) is 5.32 Å². The number of urea groups is 1. The lowest BCUT2D eigenvalue weighted by Gasteiger charge is -2.44. The summed E-state index contributed by atoms with van der Waals surface area (Å²) in [4.78, 5) is 38.1. The number of furan rings is 1. The number of halogens is 3. The molecule has 3 heterocycles. The van der Waals surface area contributed by atoms with E-state index in [1.54, 1.807) is 0 Å². The Morgan fingerprint density at radius 1 is 1.36 bits per heavy atom. The fourth-order valence-electron chi connectivity index (χ4n) is 2.87. The maximum absolute atomic E-state index is 13.6. The summed E-state index contributed by atoms with van der Waals surface area (Å²) in [5, 5.41) is 24.5. The highest BCUT2D eigenvalue weighted by Crippen LogP contribution is 2.44. The van der Waals surface area contributed by atoms with Gasteiger partial charge in [-0.2, -0.15) is 13.2 Å². The predicted octanol–water partition coefficient (Wildman–Crippen LogP) is 1.69. The Morgan fingerprint density at radius 2 is 2.07 bits per heavy atom. The SMILES string of the molecule is O=C1N[C@H](c2ccc([N+](=O)[O-])o2)[C@H](C(=O)c2cccnc2)[C@@](O)(C(F)(F)F)N1. The van der Waals surface area contributed by atoms with Crippen molar-refractivity contribution in [2.75, 3.05) is 0 Å². The summed E-state index contributed by atoms with van der Waals surface area (Å²) in [5.74, 6) is -4.90. The van der Waals surface area contributed by atoms with Crippen LogP contribution in [0.15, 0.2) is 41.1 Å². The number of ketones is 1. The molecule has 1 aliphatic heterocycles. The van der Waals surface area contributed by atoms with E-state index in [9.17, 15) is 38.0 Å². The minimum atomic E-state index is -5.45. The molecule has 0 spiro atoms. The normalized spacial score (nSPS) is 24.9. The Morgan fingerprint density at radius 3 is 2.61 bits per heavy atom. The number of rotatable bonds is 4. The number of nitrogens with zero attached hydrogens (tertiary/aromatic N) is 2. The second kappa shape index (κ2) is 6.60. The van der Waals surface area contributed by atoms with Crippen LogP contribution in [-0.2, 0) is 0 Å². The predicted molar refractivity (Wildman–Crippen MR) is 82.8 cm³/mol. The summed E-state index contributed by atoms with van der Waals surface area (Å²) >= 11 is 0. The van der Waals surface area contributed by atoms with Crippen LogP contribution in [0.1, 0.15) is 22.2 Å². The second-order valence-electron chi connectivity index (χ2n) is 5.86. The Bertz CT molecular complexity index is 931. The molecule has 0 unspecified atom stereocenters. The van der Waals surface area contributed by atoms with E-state index in [0.717, 1.165) is 18.3 Å². The summed E-state index contributed by atoms with van der Waals surface area (Å²) in [5.41, 5.74) is -4.24. The monoisotopic (exact) mass is 400 g/mol. The lowest BCUT2D eigenvalue weighted by molar-refractivity contribution is -0.402. The van der Waals surface area contributed by atoms with Gasteiger partial charge in [-0.15, -0.1) is 0 Å². The third-order valence-corrected chi connectivity index (χ3v) is 4.13. The van der Waals surface area contributed by atoms with Crippen LogP contribution >= 0.6 is 0 Å². The molecule has 2 amide bonds. The number of aromatic nitrogens is 1. The lowest BCUT2D eigenvalue weighted by atomic mass is 9.79. The van der Waals surface area contributed by atoms with Crippen LogP contribution < -0.4 is 10.6 Å². The molecule has 1 aliphatic rings. The van der Waals surface area contributed by atoms with Crippen LogP contribution in [0.3, 0.4) is 0 Å². The van der Waals surface area contributed by atoms with Gasteiger partial charge in [-0.05, 0) is 18.2 Å². The molecule has 0 aromatic carbocycles. The zero-order valence-electron chi connectivity index (χ0n) is 13.6. The number of hydrogen-bond donors (Lipinski definition) is 3. The molecule has 0 bridgehead atoms. The molecule has 10 nitrogen and oxygen atoms in total. The van der Waals surface area contributed by atoms with Gasteiger partial charge in [-0.25, -0.2) is 4.79 Å². The molecule has 3 N–H and O–H groups in total. The number of amides is 2. The van der Waals surface area contributed by atoms with E-state index in [2.05, 4.69) is 4.98 Å². The largest absolute Gasteiger partial charge is 0.437 e. The first-order chi connectivity index (χ1) is 13.0. The van der Waals surface area contributed by atoms with Crippen molar-refractivity contribution in [1.82, 2.24) is 15.6 Å². The molecule has 28 heavy (non-hydrogen) atoms. The smallest absolute Gasteiger partial charge is 0.404 e. The summed E-state index contributed by atoms with van der Waals surface area (Å²) in [6.45, 7) is 0. The van der Waals surface area contributed by atoms with Crippen molar-refractivity contribution in [3.05, 3.63) is 58.1 Å². The molecule has 0 radical (unpaired) electrons. The van der Waals surface area contributed by atoms with E-state index >= 15 is 0 Å². The van der Waals surface area contributed by atoms with Crippen LogP contribution in [0.2, 0.25) is 0 Å². The molecular weight excluding hydrogens is 389 g/mol. The molecule has 3 atom stereocenters. The lowest BCUT2D eigenvalue weighted by Crippen LogP contribution is -2.72. The minimum absolute atomic E-state index is 0.279. The van der Waals surface area contributed by atoms with Gasteiger partial charge in [0.05, 0.1) is 6.07 Å². The molecule has 0 aliphatic carbocycles. The van der Waals surface area contributed by atoms with E-state index in [-0.39, 0.29) is 5.56 Å². The average Bonchev–Trinajstić information content (AvgIpc) is 3.11. The van der Waals surface area contributed by atoms with Gasteiger partial charge in [0.1, 0.15) is 22.6 Å². The molecule has 2 aromatic heterocycles. The van der Waals surface area contributed by atoms with Gasteiger partial charge in [0, 0.05) is 18.0 Å². The standard InChI is InChI=1S/C15H11F3N4O6/c16-15(17,18)14(25)10(12(23)7-2-1-5-19-6-7)11(20-13(24)21-14)8-3-4-9(28-8)22(26)27/h1-6,10-11,25H,(H2,20,21,24)/t10-,11-,14-/m1/s1. The maximum atomic E-state index is 13.6. The number of carbonyl (C=O) groups is 2. The van der Waals surface area contributed by atoms with Gasteiger partial charge in [0.15, 0.2) is 5.78 Å². The summed E-state index contributed by atoms with van der Waals surface area (Å²) in [6.07, 6.45) is -3.19. The van der Waals surface area contributed by atoms with Crippen molar-refractivity contribution in [2.24, 2.45) is 5.92 Å². The van der Waals surface area contributed by atoms with Crippen molar-refractivity contribution >= 4 is 17.7 Å². The third-order valence-electron chi connectivity index (χ3n) is 4.13. The van der Waals surface area contributed by atoms with Crippen molar-refractivity contribution in [1.29, 1.82) is 0 Å². The van der Waals surface area contributed by atoms with Crippen molar-refractivity contribution in [2.45, 2.75) is 17.9 Å². The number of nitro groups is 1. The molecule has 0 saturated carbocycles. The fourth-order valence-corrected chi connectivity index (χ4v) is 2.87. The molecule has 1 fully saturated rings. The zero-order chi connectivity index (χ0) is 20.7. The Kier molecular flexibility index (Phi) is 4.54.